The van der Waals surface area contributed by atoms with Crippen LogP contribution in [0.5, 0.6) is 5.75 Å². The molecule has 0 saturated heterocycles. The highest BCUT2D eigenvalue weighted by Crippen LogP contribution is 2.27. The standard InChI is InChI=1S/C20H18ClNO2S/c1-3-24-17-8-9-18-15(11-17)10-13(2)20(22-18)25-12-19(23)14-4-6-16(21)7-5-14/h4-11H,3,12H2,1-2H3. The minimum atomic E-state index is 0.0645. The van der Waals surface area contributed by atoms with E-state index in [4.69, 9.17) is 16.3 Å². The van der Waals surface area contributed by atoms with E-state index in [0.29, 0.717) is 22.9 Å². The minimum Gasteiger partial charge on any atom is -0.494 e. The predicted octanol–water partition coefficient (Wildman–Crippen LogP) is 5.57. The van der Waals surface area contributed by atoms with Crippen LogP contribution in [0.4, 0.5) is 0 Å². The van der Waals surface area contributed by atoms with Gasteiger partial charge in [0, 0.05) is 16.0 Å². The molecule has 0 unspecified atom stereocenters. The van der Waals surface area contributed by atoms with Crippen LogP contribution in [-0.4, -0.2) is 23.1 Å². The van der Waals surface area contributed by atoms with Crippen molar-refractivity contribution in [2.24, 2.45) is 0 Å². The van der Waals surface area contributed by atoms with Gasteiger partial charge in [-0.15, -0.1) is 0 Å². The molecule has 1 aromatic heterocycles. The number of carbonyl (C=O) groups is 1. The van der Waals surface area contributed by atoms with Crippen molar-refractivity contribution in [2.75, 3.05) is 12.4 Å². The molecular formula is C20H18ClNO2S. The van der Waals surface area contributed by atoms with Crippen molar-refractivity contribution in [3.63, 3.8) is 0 Å². The Morgan fingerprint density at radius 2 is 1.92 bits per heavy atom. The first-order chi connectivity index (χ1) is 12.1. The predicted molar refractivity (Wildman–Crippen MR) is 104 cm³/mol. The third-order valence-corrected chi connectivity index (χ3v) is 5.09. The molecule has 0 saturated carbocycles. The van der Waals surface area contributed by atoms with Gasteiger partial charge in [-0.3, -0.25) is 4.79 Å². The second-order valence-electron chi connectivity index (χ2n) is 5.62. The molecule has 0 bridgehead atoms. The number of aryl methyl sites for hydroxylation is 1. The quantitative estimate of drug-likeness (QED) is 0.419. The zero-order chi connectivity index (χ0) is 17.8. The molecule has 0 aliphatic rings. The molecule has 128 valence electrons. The Morgan fingerprint density at radius 3 is 2.64 bits per heavy atom. The van der Waals surface area contributed by atoms with Gasteiger partial charge in [0.05, 0.1) is 17.9 Å². The van der Waals surface area contributed by atoms with Gasteiger partial charge in [-0.25, -0.2) is 4.98 Å². The molecule has 2 aromatic carbocycles. The molecule has 5 heteroatoms. The number of Topliss-reactive ketones (excluding diaryl/α,β-unsaturated/α-hetero) is 1. The van der Waals surface area contributed by atoms with E-state index in [1.54, 1.807) is 24.3 Å². The molecule has 0 fully saturated rings. The van der Waals surface area contributed by atoms with E-state index in [2.05, 4.69) is 11.1 Å². The number of ketones is 1. The number of benzene rings is 2. The summed E-state index contributed by atoms with van der Waals surface area (Å²) in [5.74, 6) is 1.25. The highest BCUT2D eigenvalue weighted by Gasteiger charge is 2.10. The molecule has 0 amide bonds. The van der Waals surface area contributed by atoms with Crippen LogP contribution in [0.25, 0.3) is 10.9 Å². The van der Waals surface area contributed by atoms with Crippen molar-refractivity contribution < 1.29 is 9.53 Å². The fourth-order valence-electron chi connectivity index (χ4n) is 2.50. The van der Waals surface area contributed by atoms with Gasteiger partial charge in [-0.05, 0) is 67.9 Å². The normalized spacial score (nSPS) is 10.8. The topological polar surface area (TPSA) is 39.2 Å². The van der Waals surface area contributed by atoms with Gasteiger partial charge in [0.2, 0.25) is 0 Å². The molecule has 3 aromatic rings. The molecular weight excluding hydrogens is 354 g/mol. The minimum absolute atomic E-state index is 0.0645. The van der Waals surface area contributed by atoms with Gasteiger partial charge in [-0.1, -0.05) is 23.4 Å². The molecule has 3 rings (SSSR count). The van der Waals surface area contributed by atoms with Crippen LogP contribution in [0.3, 0.4) is 0 Å². The van der Waals surface area contributed by atoms with Crippen molar-refractivity contribution >= 4 is 40.0 Å². The van der Waals surface area contributed by atoms with Crippen LogP contribution in [-0.2, 0) is 0 Å². The summed E-state index contributed by atoms with van der Waals surface area (Å²) in [6.07, 6.45) is 0. The first kappa shape index (κ1) is 17.8. The van der Waals surface area contributed by atoms with Crippen LogP contribution >= 0.6 is 23.4 Å². The van der Waals surface area contributed by atoms with Crippen molar-refractivity contribution in [1.82, 2.24) is 4.98 Å². The lowest BCUT2D eigenvalue weighted by atomic mass is 10.1. The number of thioether (sulfide) groups is 1. The summed E-state index contributed by atoms with van der Waals surface area (Å²) in [7, 11) is 0. The van der Waals surface area contributed by atoms with Gasteiger partial charge < -0.3 is 4.74 Å². The van der Waals surface area contributed by atoms with E-state index in [-0.39, 0.29) is 5.78 Å². The van der Waals surface area contributed by atoms with Crippen LogP contribution in [0.15, 0.2) is 53.6 Å². The van der Waals surface area contributed by atoms with Crippen molar-refractivity contribution in [2.45, 2.75) is 18.9 Å². The molecule has 0 aliphatic heterocycles. The van der Waals surface area contributed by atoms with Crippen LogP contribution < -0.4 is 4.74 Å². The molecule has 0 atom stereocenters. The van der Waals surface area contributed by atoms with Crippen molar-refractivity contribution in [1.29, 1.82) is 0 Å². The maximum Gasteiger partial charge on any atom is 0.173 e. The number of hydrogen-bond donors (Lipinski definition) is 0. The molecule has 1 heterocycles. The lowest BCUT2D eigenvalue weighted by Gasteiger charge is -2.09. The van der Waals surface area contributed by atoms with Gasteiger partial charge in [0.15, 0.2) is 5.78 Å². The Balaban J connectivity index is 1.77. The first-order valence-corrected chi connectivity index (χ1v) is 9.39. The molecule has 0 radical (unpaired) electrons. The number of hydrogen-bond acceptors (Lipinski definition) is 4. The van der Waals surface area contributed by atoms with Gasteiger partial charge in [0.1, 0.15) is 10.8 Å². The second kappa shape index (κ2) is 7.89. The Morgan fingerprint density at radius 1 is 1.16 bits per heavy atom. The van der Waals surface area contributed by atoms with E-state index >= 15 is 0 Å². The molecule has 0 aliphatic carbocycles. The van der Waals surface area contributed by atoms with Crippen LogP contribution in [0.2, 0.25) is 5.02 Å². The van der Waals surface area contributed by atoms with Gasteiger partial charge in [-0.2, -0.15) is 0 Å². The van der Waals surface area contributed by atoms with E-state index < -0.39 is 0 Å². The maximum absolute atomic E-state index is 12.3. The molecule has 25 heavy (non-hydrogen) atoms. The van der Waals surface area contributed by atoms with Crippen LogP contribution in [0.1, 0.15) is 22.8 Å². The van der Waals surface area contributed by atoms with E-state index in [1.807, 2.05) is 32.0 Å². The Bertz CT molecular complexity index is 909. The average molecular weight is 372 g/mol. The summed E-state index contributed by atoms with van der Waals surface area (Å²) in [5, 5.41) is 2.54. The Labute approximate surface area is 156 Å². The largest absolute Gasteiger partial charge is 0.494 e. The number of rotatable bonds is 6. The SMILES string of the molecule is CCOc1ccc2nc(SCC(=O)c3ccc(Cl)cc3)c(C)cc2c1. The van der Waals surface area contributed by atoms with Gasteiger partial charge in [0.25, 0.3) is 0 Å². The maximum atomic E-state index is 12.3. The molecule has 0 spiro atoms. The third kappa shape index (κ3) is 4.33. The Kier molecular flexibility index (Phi) is 5.61. The number of ether oxygens (including phenoxy) is 1. The summed E-state index contributed by atoms with van der Waals surface area (Å²) < 4.78 is 5.53. The second-order valence-corrected chi connectivity index (χ2v) is 7.02. The Hall–Kier alpha value is -2.04. The van der Waals surface area contributed by atoms with Crippen LogP contribution in [0, 0.1) is 6.92 Å². The van der Waals surface area contributed by atoms with E-state index in [0.717, 1.165) is 27.2 Å². The number of halogens is 1. The lowest BCUT2D eigenvalue weighted by molar-refractivity contribution is 0.102. The fraction of sp³-hybridized carbons (Fsp3) is 0.200. The summed E-state index contributed by atoms with van der Waals surface area (Å²) in [5.41, 5.74) is 2.61. The summed E-state index contributed by atoms with van der Waals surface area (Å²) >= 11 is 7.32. The van der Waals surface area contributed by atoms with E-state index in [1.165, 1.54) is 11.8 Å². The highest BCUT2D eigenvalue weighted by atomic mass is 35.5. The summed E-state index contributed by atoms with van der Waals surface area (Å²) in [6.45, 7) is 4.61. The summed E-state index contributed by atoms with van der Waals surface area (Å²) in [6, 6.07) is 14.9. The molecule has 3 nitrogen and oxygen atoms in total. The first-order valence-electron chi connectivity index (χ1n) is 8.02. The fourth-order valence-corrected chi connectivity index (χ4v) is 3.51. The number of carbonyl (C=O) groups excluding carboxylic acids is 1. The third-order valence-electron chi connectivity index (χ3n) is 3.75. The highest BCUT2D eigenvalue weighted by molar-refractivity contribution is 8.00. The lowest BCUT2D eigenvalue weighted by Crippen LogP contribution is -2.03. The smallest absolute Gasteiger partial charge is 0.173 e. The number of fused-ring (bicyclic) bond motifs is 1. The van der Waals surface area contributed by atoms with E-state index in [9.17, 15) is 4.79 Å². The van der Waals surface area contributed by atoms with Crippen molar-refractivity contribution in [3.05, 3.63) is 64.7 Å². The zero-order valence-corrected chi connectivity index (χ0v) is 15.7. The zero-order valence-electron chi connectivity index (χ0n) is 14.1. The van der Waals surface area contributed by atoms with Gasteiger partial charge >= 0.3 is 0 Å². The number of aromatic nitrogens is 1. The summed E-state index contributed by atoms with van der Waals surface area (Å²) in [4.78, 5) is 17.0. The number of nitrogens with zero attached hydrogens (tertiary/aromatic N) is 1. The average Bonchev–Trinajstić information content (AvgIpc) is 2.60. The molecule has 0 N–H and O–H groups in total. The monoisotopic (exact) mass is 371 g/mol. The number of pyridine rings is 1. The van der Waals surface area contributed by atoms with Crippen molar-refractivity contribution in [3.8, 4) is 5.75 Å².